The number of rotatable bonds is 2. The van der Waals surface area contributed by atoms with Gasteiger partial charge in [0.05, 0.1) is 5.41 Å². The molecule has 1 aliphatic rings. The minimum absolute atomic E-state index is 0.0484. The predicted octanol–water partition coefficient (Wildman–Crippen LogP) is 3.57. The van der Waals surface area contributed by atoms with Crippen molar-refractivity contribution in [2.24, 2.45) is 5.41 Å². The van der Waals surface area contributed by atoms with E-state index in [1.807, 2.05) is 60.7 Å². The summed E-state index contributed by atoms with van der Waals surface area (Å²) in [4.78, 5) is 12.4. The molecule has 0 aliphatic heterocycles. The van der Waals surface area contributed by atoms with Gasteiger partial charge in [0.1, 0.15) is 5.60 Å². The van der Waals surface area contributed by atoms with E-state index in [1.165, 1.54) is 0 Å². The minimum Gasteiger partial charge on any atom is -0.379 e. The van der Waals surface area contributed by atoms with E-state index in [2.05, 4.69) is 0 Å². The van der Waals surface area contributed by atoms with Crippen molar-refractivity contribution < 1.29 is 9.90 Å². The highest BCUT2D eigenvalue weighted by atomic mass is 16.3. The van der Waals surface area contributed by atoms with E-state index in [0.717, 1.165) is 11.1 Å². The van der Waals surface area contributed by atoms with Crippen molar-refractivity contribution in [3.63, 3.8) is 0 Å². The maximum absolute atomic E-state index is 12.4. The van der Waals surface area contributed by atoms with E-state index in [-0.39, 0.29) is 5.78 Å². The third-order valence-electron chi connectivity index (χ3n) is 4.46. The fourth-order valence-corrected chi connectivity index (χ4v) is 3.04. The second-order valence-electron chi connectivity index (χ2n) is 5.99. The van der Waals surface area contributed by atoms with Gasteiger partial charge in [0.25, 0.3) is 0 Å². The minimum atomic E-state index is -1.31. The molecule has 0 bridgehead atoms. The van der Waals surface area contributed by atoms with Crippen molar-refractivity contribution in [1.29, 1.82) is 0 Å². The van der Waals surface area contributed by atoms with E-state index in [4.69, 9.17) is 0 Å². The summed E-state index contributed by atoms with van der Waals surface area (Å²) >= 11 is 0. The highest BCUT2D eigenvalue weighted by molar-refractivity contribution is 6.09. The average molecular weight is 278 g/mol. The van der Waals surface area contributed by atoms with Gasteiger partial charge in [0.15, 0.2) is 5.78 Å². The van der Waals surface area contributed by atoms with Crippen molar-refractivity contribution in [2.75, 3.05) is 0 Å². The summed E-state index contributed by atoms with van der Waals surface area (Å²) in [7, 11) is 0. The van der Waals surface area contributed by atoms with E-state index < -0.39 is 11.0 Å². The highest BCUT2D eigenvalue weighted by Crippen LogP contribution is 2.53. The van der Waals surface area contributed by atoms with Gasteiger partial charge in [-0.3, -0.25) is 4.79 Å². The maximum atomic E-state index is 12.4. The summed E-state index contributed by atoms with van der Waals surface area (Å²) in [6, 6.07) is 19.0. The summed E-state index contributed by atoms with van der Waals surface area (Å²) in [5, 5.41) is 11.5. The topological polar surface area (TPSA) is 37.3 Å². The monoisotopic (exact) mass is 278 g/mol. The lowest BCUT2D eigenvalue weighted by molar-refractivity contribution is -0.130. The van der Waals surface area contributed by atoms with Crippen LogP contribution in [0.25, 0.3) is 5.57 Å². The molecule has 2 aromatic carbocycles. The first-order valence-corrected chi connectivity index (χ1v) is 7.08. The van der Waals surface area contributed by atoms with Gasteiger partial charge in [-0.25, -0.2) is 0 Å². The van der Waals surface area contributed by atoms with Crippen LogP contribution < -0.4 is 0 Å². The fraction of sp³-hybridized carbons (Fsp3) is 0.211. The zero-order valence-electron chi connectivity index (χ0n) is 12.2. The smallest absolute Gasteiger partial charge is 0.165 e. The molecule has 0 saturated heterocycles. The van der Waals surface area contributed by atoms with Gasteiger partial charge in [-0.2, -0.15) is 0 Å². The average Bonchev–Trinajstić information content (AvgIpc) is 2.70. The number of carbonyl (C=O) groups is 1. The Balaban J connectivity index is 2.24. The van der Waals surface area contributed by atoms with Crippen LogP contribution >= 0.6 is 0 Å². The molecule has 0 fully saturated rings. The van der Waals surface area contributed by atoms with E-state index in [0.29, 0.717) is 5.57 Å². The van der Waals surface area contributed by atoms with E-state index in [1.54, 1.807) is 19.9 Å². The Kier molecular flexibility index (Phi) is 3.07. The Hall–Kier alpha value is -2.19. The molecule has 21 heavy (non-hydrogen) atoms. The number of hydrogen-bond donors (Lipinski definition) is 1. The molecule has 0 radical (unpaired) electrons. The molecular formula is C19H18O2. The molecule has 0 saturated carbocycles. The molecule has 2 nitrogen and oxygen atoms in total. The lowest BCUT2D eigenvalue weighted by Crippen LogP contribution is -2.42. The lowest BCUT2D eigenvalue weighted by Gasteiger charge is -2.38. The molecule has 1 aliphatic carbocycles. The molecule has 1 atom stereocenters. The van der Waals surface area contributed by atoms with Crippen LogP contribution in [0.3, 0.4) is 0 Å². The van der Waals surface area contributed by atoms with Crippen molar-refractivity contribution in [3.05, 3.63) is 77.9 Å². The molecule has 0 unspecified atom stereocenters. The predicted molar refractivity (Wildman–Crippen MR) is 83.5 cm³/mol. The molecule has 3 rings (SSSR count). The van der Waals surface area contributed by atoms with E-state index >= 15 is 0 Å². The summed E-state index contributed by atoms with van der Waals surface area (Å²) in [5.41, 5.74) is 0.0923. The molecule has 1 N–H and O–H groups in total. The first-order chi connectivity index (χ1) is 9.98. The largest absolute Gasteiger partial charge is 0.379 e. The highest BCUT2D eigenvalue weighted by Gasteiger charge is 2.56. The van der Waals surface area contributed by atoms with Gasteiger partial charge in [-0.15, -0.1) is 0 Å². The number of carbonyl (C=O) groups excluding carboxylic acids is 1. The molecule has 0 aromatic heterocycles. The normalized spacial score (nSPS) is 24.0. The number of allylic oxidation sites excluding steroid dienone is 1. The molecular weight excluding hydrogens is 260 g/mol. The van der Waals surface area contributed by atoms with Crippen LogP contribution in [0.2, 0.25) is 0 Å². The molecule has 2 aromatic rings. The lowest BCUT2D eigenvalue weighted by atomic mass is 9.69. The van der Waals surface area contributed by atoms with E-state index in [9.17, 15) is 9.90 Å². The van der Waals surface area contributed by atoms with Crippen molar-refractivity contribution >= 4 is 11.4 Å². The summed E-state index contributed by atoms with van der Waals surface area (Å²) < 4.78 is 0. The van der Waals surface area contributed by atoms with Gasteiger partial charge in [-0.1, -0.05) is 60.7 Å². The summed E-state index contributed by atoms with van der Waals surface area (Å²) in [6.45, 7) is 3.60. The van der Waals surface area contributed by atoms with Crippen molar-refractivity contribution in [1.82, 2.24) is 0 Å². The van der Waals surface area contributed by atoms with Crippen LogP contribution in [0, 0.1) is 5.41 Å². The van der Waals surface area contributed by atoms with Crippen LogP contribution in [0.5, 0.6) is 0 Å². The van der Waals surface area contributed by atoms with Gasteiger partial charge >= 0.3 is 0 Å². The second-order valence-corrected chi connectivity index (χ2v) is 5.99. The fourth-order valence-electron chi connectivity index (χ4n) is 3.04. The Morgan fingerprint density at radius 2 is 1.38 bits per heavy atom. The molecule has 0 spiro atoms. The molecule has 0 heterocycles. The standard InChI is InChI=1S/C19H18O2/c1-18(2)17(20)13-16(14-9-5-3-6-10-14)19(18,21)15-11-7-4-8-12-15/h3-13,21H,1-2H3/t19-/m0/s1. The Morgan fingerprint density at radius 3 is 1.95 bits per heavy atom. The van der Waals surface area contributed by atoms with Gasteiger partial charge in [0.2, 0.25) is 0 Å². The van der Waals surface area contributed by atoms with Gasteiger partial charge < -0.3 is 5.11 Å². The third kappa shape index (κ3) is 1.87. The number of benzene rings is 2. The zero-order valence-corrected chi connectivity index (χ0v) is 12.2. The Labute approximate surface area is 124 Å². The van der Waals surface area contributed by atoms with Gasteiger partial charge in [0, 0.05) is 0 Å². The van der Waals surface area contributed by atoms with Gasteiger partial charge in [-0.05, 0) is 36.6 Å². The maximum Gasteiger partial charge on any atom is 0.165 e. The van der Waals surface area contributed by atoms with Crippen LogP contribution in [0.4, 0.5) is 0 Å². The van der Waals surface area contributed by atoms with Crippen molar-refractivity contribution in [2.45, 2.75) is 19.4 Å². The second kappa shape index (κ2) is 4.68. The third-order valence-corrected chi connectivity index (χ3v) is 4.46. The van der Waals surface area contributed by atoms with Crippen LogP contribution in [0.15, 0.2) is 66.7 Å². The van der Waals surface area contributed by atoms with Crippen molar-refractivity contribution in [3.8, 4) is 0 Å². The molecule has 2 heteroatoms. The quantitative estimate of drug-likeness (QED) is 0.912. The number of hydrogen-bond acceptors (Lipinski definition) is 2. The first kappa shape index (κ1) is 13.8. The summed E-state index contributed by atoms with van der Waals surface area (Å²) in [5.74, 6) is -0.0484. The number of ketones is 1. The number of aliphatic hydroxyl groups is 1. The Bertz CT molecular complexity index is 699. The van der Waals surface area contributed by atoms with Crippen LogP contribution in [0.1, 0.15) is 25.0 Å². The Morgan fingerprint density at radius 1 is 0.857 bits per heavy atom. The molecule has 0 amide bonds. The van der Waals surface area contributed by atoms with Crippen LogP contribution in [-0.4, -0.2) is 10.9 Å². The van der Waals surface area contributed by atoms with Crippen LogP contribution in [-0.2, 0) is 10.4 Å². The summed E-state index contributed by atoms with van der Waals surface area (Å²) in [6.07, 6.45) is 1.59. The first-order valence-electron chi connectivity index (χ1n) is 7.08. The molecule has 106 valence electrons. The SMILES string of the molecule is CC1(C)C(=O)C=C(c2ccccc2)[C@@]1(O)c1ccccc1. The zero-order chi connectivity index (χ0) is 15.1.